The highest BCUT2D eigenvalue weighted by atomic mass is 16.5. The van der Waals surface area contributed by atoms with Crippen molar-refractivity contribution in [1.29, 1.82) is 0 Å². The molecule has 2 aromatic carbocycles. The molecule has 2 aliphatic heterocycles. The molecule has 1 fully saturated rings. The molecule has 0 unspecified atom stereocenters. The van der Waals surface area contributed by atoms with Crippen molar-refractivity contribution in [3.05, 3.63) is 59.3 Å². The fourth-order valence-electron chi connectivity index (χ4n) is 5.74. The molecule has 43 heavy (non-hydrogen) atoms. The SMILES string of the molecule is COc1ccc2cc1OCCCN(C(=O)[C@H]1CCCO1)CC(=O)N[C@@H]([C@@H](C)O)C(=O)NCCc1c([nH]c3ccccc13)C2. The Hall–Kier alpha value is -4.09. The molecule has 2 bridgehead atoms. The van der Waals surface area contributed by atoms with E-state index in [0.717, 1.165) is 34.1 Å². The molecule has 0 spiro atoms. The van der Waals surface area contributed by atoms with Crippen molar-refractivity contribution in [3.63, 3.8) is 0 Å². The quantitative estimate of drug-likeness (QED) is 0.365. The molecule has 3 heterocycles. The number of amides is 3. The molecule has 0 saturated carbocycles. The first kappa shape index (κ1) is 30.4. The molecule has 0 aliphatic carbocycles. The number of hydrogen-bond acceptors (Lipinski definition) is 7. The number of rotatable bonds is 3. The standard InChI is InChI=1S/C32H40N4O7/c1-20(37)30-31(39)33-13-12-23-22-7-3-4-8-24(22)34-25(23)17-21-10-11-26(41-2)28(18-21)43-16-6-14-36(19-29(38)35-30)32(40)27-9-5-15-42-27/h3-4,7-8,10-11,18,20,27,30,34,37H,5-6,9,12-17,19H2,1-2H3,(H,33,39)(H,35,38)/t20-,27-,30+/m1/s1. The van der Waals surface area contributed by atoms with Gasteiger partial charge in [0.25, 0.3) is 5.91 Å². The maximum Gasteiger partial charge on any atom is 0.252 e. The second-order valence-electron chi connectivity index (χ2n) is 11.1. The van der Waals surface area contributed by atoms with Gasteiger partial charge in [0.05, 0.1) is 26.4 Å². The fraction of sp³-hybridized carbons (Fsp3) is 0.469. The van der Waals surface area contributed by atoms with Gasteiger partial charge in [-0.25, -0.2) is 0 Å². The van der Waals surface area contributed by atoms with Gasteiger partial charge in [-0.3, -0.25) is 14.4 Å². The van der Waals surface area contributed by atoms with Gasteiger partial charge in [-0.2, -0.15) is 0 Å². The number of H-pyrrole nitrogens is 1. The molecule has 3 amide bonds. The van der Waals surface area contributed by atoms with Crippen LogP contribution < -0.4 is 20.1 Å². The van der Waals surface area contributed by atoms with Crippen molar-refractivity contribution in [2.75, 3.05) is 40.0 Å². The summed E-state index contributed by atoms with van der Waals surface area (Å²) in [5, 5.41) is 16.9. The summed E-state index contributed by atoms with van der Waals surface area (Å²) in [5.74, 6) is -0.112. The molecule has 1 aromatic heterocycles. The van der Waals surface area contributed by atoms with Crippen LogP contribution in [-0.4, -0.2) is 90.9 Å². The lowest BCUT2D eigenvalue weighted by Gasteiger charge is -2.27. The van der Waals surface area contributed by atoms with Gasteiger partial charge in [0, 0.05) is 42.7 Å². The number of para-hydroxylation sites is 1. The van der Waals surface area contributed by atoms with E-state index in [9.17, 15) is 19.5 Å². The number of fused-ring (bicyclic) bond motifs is 5. The first-order valence-electron chi connectivity index (χ1n) is 14.9. The topological polar surface area (TPSA) is 142 Å². The number of methoxy groups -OCH3 is 1. The molecule has 0 radical (unpaired) electrons. The van der Waals surface area contributed by atoms with Crippen LogP contribution in [0.3, 0.4) is 0 Å². The summed E-state index contributed by atoms with van der Waals surface area (Å²) in [6.07, 6.45) is 1.22. The number of carbonyl (C=O) groups excluding carboxylic acids is 3. The zero-order valence-corrected chi connectivity index (χ0v) is 24.7. The third-order valence-corrected chi connectivity index (χ3v) is 7.95. The van der Waals surface area contributed by atoms with Crippen LogP contribution in [0.5, 0.6) is 11.5 Å². The highest BCUT2D eigenvalue weighted by Gasteiger charge is 2.31. The highest BCUT2D eigenvalue weighted by molar-refractivity contribution is 5.91. The lowest BCUT2D eigenvalue weighted by atomic mass is 10.0. The van der Waals surface area contributed by atoms with Gasteiger partial charge in [-0.05, 0) is 61.9 Å². The van der Waals surface area contributed by atoms with E-state index in [2.05, 4.69) is 15.6 Å². The molecule has 1 saturated heterocycles. The first-order valence-corrected chi connectivity index (χ1v) is 14.9. The number of aliphatic hydroxyl groups excluding tert-OH is 1. The van der Waals surface area contributed by atoms with Gasteiger partial charge < -0.3 is 39.8 Å². The van der Waals surface area contributed by atoms with E-state index in [-0.39, 0.29) is 25.6 Å². The van der Waals surface area contributed by atoms with Gasteiger partial charge in [0.15, 0.2) is 11.5 Å². The Balaban J connectivity index is 1.43. The van der Waals surface area contributed by atoms with Crippen LogP contribution in [0.15, 0.2) is 42.5 Å². The van der Waals surface area contributed by atoms with E-state index in [1.54, 1.807) is 7.11 Å². The summed E-state index contributed by atoms with van der Waals surface area (Å²) >= 11 is 0. The van der Waals surface area contributed by atoms with Crippen LogP contribution in [0.25, 0.3) is 10.9 Å². The minimum Gasteiger partial charge on any atom is -0.493 e. The predicted molar refractivity (Wildman–Crippen MR) is 160 cm³/mol. The molecule has 3 atom stereocenters. The smallest absolute Gasteiger partial charge is 0.252 e. The molecule has 5 rings (SSSR count). The van der Waals surface area contributed by atoms with E-state index >= 15 is 0 Å². The lowest BCUT2D eigenvalue weighted by molar-refractivity contribution is -0.144. The van der Waals surface area contributed by atoms with Crippen molar-refractivity contribution in [2.24, 2.45) is 0 Å². The van der Waals surface area contributed by atoms with Crippen molar-refractivity contribution in [3.8, 4) is 11.5 Å². The normalized spacial score (nSPS) is 21.4. The van der Waals surface area contributed by atoms with Crippen LogP contribution in [0, 0.1) is 0 Å². The summed E-state index contributed by atoms with van der Waals surface area (Å²) in [6, 6.07) is 12.7. The van der Waals surface area contributed by atoms with Crippen LogP contribution in [-0.2, 0) is 32.0 Å². The summed E-state index contributed by atoms with van der Waals surface area (Å²) in [7, 11) is 1.59. The Labute approximate surface area is 250 Å². The Bertz CT molecular complexity index is 1450. The van der Waals surface area contributed by atoms with Gasteiger partial charge in [-0.15, -0.1) is 0 Å². The molecule has 4 N–H and O–H groups in total. The maximum atomic E-state index is 13.2. The number of aromatic nitrogens is 1. The molecular weight excluding hydrogens is 552 g/mol. The van der Waals surface area contributed by atoms with E-state index in [4.69, 9.17) is 14.2 Å². The van der Waals surface area contributed by atoms with Gasteiger partial charge in [-0.1, -0.05) is 24.3 Å². The number of benzene rings is 2. The van der Waals surface area contributed by atoms with Crippen LogP contribution in [0.2, 0.25) is 0 Å². The zero-order valence-electron chi connectivity index (χ0n) is 24.7. The van der Waals surface area contributed by atoms with Crippen molar-refractivity contribution >= 4 is 28.6 Å². The summed E-state index contributed by atoms with van der Waals surface area (Å²) in [6.45, 7) is 2.51. The maximum absolute atomic E-state index is 13.2. The largest absolute Gasteiger partial charge is 0.493 e. The average molecular weight is 593 g/mol. The third-order valence-electron chi connectivity index (χ3n) is 7.95. The number of nitrogens with zero attached hydrogens (tertiary/aromatic N) is 1. The number of nitrogens with one attached hydrogen (secondary N) is 3. The van der Waals surface area contributed by atoms with Crippen molar-refractivity contribution < 1.29 is 33.7 Å². The van der Waals surface area contributed by atoms with Crippen molar-refractivity contribution in [2.45, 2.75) is 57.3 Å². The van der Waals surface area contributed by atoms with Gasteiger partial charge >= 0.3 is 0 Å². The Morgan fingerprint density at radius 1 is 1.14 bits per heavy atom. The Kier molecular flexibility index (Phi) is 9.83. The molecular formula is C32H40N4O7. The zero-order chi connectivity index (χ0) is 30.3. The summed E-state index contributed by atoms with van der Waals surface area (Å²) in [5.41, 5.74) is 4.12. The van der Waals surface area contributed by atoms with E-state index < -0.39 is 30.1 Å². The first-order chi connectivity index (χ1) is 20.8. The monoisotopic (exact) mass is 592 g/mol. The fourth-order valence-corrected chi connectivity index (χ4v) is 5.74. The minimum absolute atomic E-state index is 0.248. The molecule has 11 heteroatoms. The predicted octanol–water partition coefficient (Wildman–Crippen LogP) is 2.08. The van der Waals surface area contributed by atoms with Gasteiger partial charge in [0.2, 0.25) is 11.8 Å². The number of hydrogen-bond donors (Lipinski definition) is 4. The number of carbonyl (C=O) groups is 3. The summed E-state index contributed by atoms with van der Waals surface area (Å²) < 4.78 is 17.3. The van der Waals surface area contributed by atoms with Crippen LogP contribution >= 0.6 is 0 Å². The second kappa shape index (κ2) is 13.9. The average Bonchev–Trinajstić information content (AvgIpc) is 3.65. The second-order valence-corrected chi connectivity index (χ2v) is 11.1. The lowest BCUT2D eigenvalue weighted by Crippen LogP contribution is -2.55. The molecule has 3 aromatic rings. The Morgan fingerprint density at radius 2 is 1.98 bits per heavy atom. The number of ether oxygens (including phenoxy) is 3. The molecule has 2 aliphatic rings. The number of aliphatic hydroxyl groups is 1. The van der Waals surface area contributed by atoms with Crippen molar-refractivity contribution in [1.82, 2.24) is 20.5 Å². The van der Waals surface area contributed by atoms with Crippen LogP contribution in [0.4, 0.5) is 0 Å². The van der Waals surface area contributed by atoms with Crippen LogP contribution in [0.1, 0.15) is 43.0 Å². The van der Waals surface area contributed by atoms with E-state index in [1.807, 2.05) is 42.5 Å². The number of aromatic amines is 1. The molecule has 230 valence electrons. The van der Waals surface area contributed by atoms with E-state index in [0.29, 0.717) is 50.3 Å². The minimum atomic E-state index is -1.17. The Morgan fingerprint density at radius 3 is 2.74 bits per heavy atom. The summed E-state index contributed by atoms with van der Waals surface area (Å²) in [4.78, 5) is 44.4. The highest BCUT2D eigenvalue weighted by Crippen LogP contribution is 2.31. The molecule has 11 nitrogen and oxygen atoms in total. The van der Waals surface area contributed by atoms with E-state index in [1.165, 1.54) is 11.8 Å². The third kappa shape index (κ3) is 7.29. The van der Waals surface area contributed by atoms with Gasteiger partial charge in [0.1, 0.15) is 12.1 Å².